The predicted octanol–water partition coefficient (Wildman–Crippen LogP) is 3.49. The van der Waals surface area contributed by atoms with E-state index in [1.807, 2.05) is 37.3 Å². The third-order valence-electron chi connectivity index (χ3n) is 1.99. The molecular weight excluding hydrogens is 219 g/mol. The first-order valence-electron chi connectivity index (χ1n) is 4.16. The molecule has 1 aromatic heterocycles. The van der Waals surface area contributed by atoms with Crippen LogP contribution in [0.4, 0.5) is 0 Å². The molecule has 14 heavy (non-hydrogen) atoms. The van der Waals surface area contributed by atoms with Crippen LogP contribution in [0.15, 0.2) is 30.3 Å². The van der Waals surface area contributed by atoms with E-state index in [1.165, 1.54) is 0 Å². The van der Waals surface area contributed by atoms with Gasteiger partial charge >= 0.3 is 0 Å². The van der Waals surface area contributed by atoms with Crippen LogP contribution >= 0.6 is 23.2 Å². The van der Waals surface area contributed by atoms with Gasteiger partial charge in [0.2, 0.25) is 0 Å². The highest BCUT2D eigenvalue weighted by Gasteiger charge is 2.11. The molecule has 1 heterocycles. The maximum absolute atomic E-state index is 6.06. The normalized spacial score (nSPS) is 10.5. The van der Waals surface area contributed by atoms with Crippen LogP contribution in [0.3, 0.4) is 0 Å². The van der Waals surface area contributed by atoms with E-state index >= 15 is 0 Å². The maximum atomic E-state index is 6.06. The van der Waals surface area contributed by atoms with E-state index in [-0.39, 0.29) is 0 Å². The molecular formula is C10H8Cl2N2. The standard InChI is InChI=1S/C10H8Cl2N2/c1-7-9(11)13-14(10(7)12)8-5-3-2-4-6-8/h2-6H,1H3. The summed E-state index contributed by atoms with van der Waals surface area (Å²) in [4.78, 5) is 0. The van der Waals surface area contributed by atoms with Gasteiger partial charge in [0, 0.05) is 5.56 Å². The van der Waals surface area contributed by atoms with Crippen molar-refractivity contribution in [2.45, 2.75) is 6.92 Å². The minimum absolute atomic E-state index is 0.443. The summed E-state index contributed by atoms with van der Waals surface area (Å²) >= 11 is 11.9. The van der Waals surface area contributed by atoms with Gasteiger partial charge in [-0.15, -0.1) is 0 Å². The quantitative estimate of drug-likeness (QED) is 0.729. The van der Waals surface area contributed by atoms with Crippen molar-refractivity contribution < 1.29 is 0 Å². The molecule has 0 aliphatic carbocycles. The lowest BCUT2D eigenvalue weighted by Gasteiger charge is -2.01. The molecule has 72 valence electrons. The van der Waals surface area contributed by atoms with E-state index in [0.29, 0.717) is 10.3 Å². The fraction of sp³-hybridized carbons (Fsp3) is 0.100. The highest BCUT2D eigenvalue weighted by molar-refractivity contribution is 6.35. The lowest BCUT2D eigenvalue weighted by molar-refractivity contribution is 0.881. The highest BCUT2D eigenvalue weighted by atomic mass is 35.5. The first-order valence-corrected chi connectivity index (χ1v) is 4.92. The van der Waals surface area contributed by atoms with Crippen LogP contribution in [0.2, 0.25) is 10.3 Å². The zero-order valence-corrected chi connectivity index (χ0v) is 9.05. The van der Waals surface area contributed by atoms with Crippen LogP contribution < -0.4 is 0 Å². The number of hydrogen-bond acceptors (Lipinski definition) is 1. The molecule has 0 saturated heterocycles. The third kappa shape index (κ3) is 1.51. The summed E-state index contributed by atoms with van der Waals surface area (Å²) in [5.41, 5.74) is 1.71. The number of rotatable bonds is 1. The molecule has 0 N–H and O–H groups in total. The zero-order valence-electron chi connectivity index (χ0n) is 7.54. The Balaban J connectivity index is 2.58. The van der Waals surface area contributed by atoms with Crippen molar-refractivity contribution in [1.29, 1.82) is 0 Å². The predicted molar refractivity (Wildman–Crippen MR) is 58.3 cm³/mol. The zero-order chi connectivity index (χ0) is 10.1. The molecule has 0 bridgehead atoms. The van der Waals surface area contributed by atoms with E-state index in [2.05, 4.69) is 5.10 Å². The highest BCUT2D eigenvalue weighted by Crippen LogP contribution is 2.25. The molecule has 2 rings (SSSR count). The van der Waals surface area contributed by atoms with E-state index in [1.54, 1.807) is 4.68 Å². The van der Waals surface area contributed by atoms with E-state index < -0.39 is 0 Å². The lowest BCUT2D eigenvalue weighted by atomic mass is 10.3. The Labute approximate surface area is 92.1 Å². The first-order chi connectivity index (χ1) is 6.70. The van der Waals surface area contributed by atoms with Crippen molar-refractivity contribution in [2.75, 3.05) is 0 Å². The van der Waals surface area contributed by atoms with Gasteiger partial charge in [-0.05, 0) is 19.1 Å². The van der Waals surface area contributed by atoms with E-state index in [0.717, 1.165) is 11.3 Å². The van der Waals surface area contributed by atoms with Crippen molar-refractivity contribution in [3.63, 3.8) is 0 Å². The van der Waals surface area contributed by atoms with E-state index in [9.17, 15) is 0 Å². The molecule has 4 heteroatoms. The van der Waals surface area contributed by atoms with Crippen LogP contribution in [-0.2, 0) is 0 Å². The Hall–Kier alpha value is -0.990. The van der Waals surface area contributed by atoms with Gasteiger partial charge in [0.05, 0.1) is 5.69 Å². The second-order valence-corrected chi connectivity index (χ2v) is 3.67. The number of nitrogens with zero attached hydrogens (tertiary/aromatic N) is 2. The van der Waals surface area contributed by atoms with Crippen molar-refractivity contribution >= 4 is 23.2 Å². The smallest absolute Gasteiger partial charge is 0.155 e. The molecule has 0 unspecified atom stereocenters. The summed E-state index contributed by atoms with van der Waals surface area (Å²) in [5.74, 6) is 0. The van der Waals surface area contributed by atoms with E-state index in [4.69, 9.17) is 23.2 Å². The van der Waals surface area contributed by atoms with Crippen LogP contribution in [0.1, 0.15) is 5.56 Å². The molecule has 0 spiro atoms. The van der Waals surface area contributed by atoms with Crippen molar-refractivity contribution in [3.05, 3.63) is 46.2 Å². The molecule has 0 saturated carbocycles. The third-order valence-corrected chi connectivity index (χ3v) is 2.80. The molecule has 0 atom stereocenters. The molecule has 2 aromatic rings. The average Bonchev–Trinajstić information content (AvgIpc) is 2.47. The van der Waals surface area contributed by atoms with Crippen LogP contribution in [-0.4, -0.2) is 9.78 Å². The molecule has 2 nitrogen and oxygen atoms in total. The fourth-order valence-corrected chi connectivity index (χ4v) is 1.63. The average molecular weight is 227 g/mol. The summed E-state index contributed by atoms with van der Waals surface area (Å²) in [5, 5.41) is 5.13. The van der Waals surface area contributed by atoms with Gasteiger partial charge in [0.15, 0.2) is 5.15 Å². The molecule has 0 radical (unpaired) electrons. The van der Waals surface area contributed by atoms with Crippen molar-refractivity contribution in [2.24, 2.45) is 0 Å². The Morgan fingerprint density at radius 2 is 1.79 bits per heavy atom. The molecule has 0 aliphatic heterocycles. The topological polar surface area (TPSA) is 17.8 Å². The van der Waals surface area contributed by atoms with Gasteiger partial charge in [-0.1, -0.05) is 41.4 Å². The van der Waals surface area contributed by atoms with Crippen LogP contribution in [0, 0.1) is 6.92 Å². The minimum Gasteiger partial charge on any atom is -0.220 e. The van der Waals surface area contributed by atoms with Crippen LogP contribution in [0.5, 0.6) is 0 Å². The SMILES string of the molecule is Cc1c(Cl)nn(-c2ccccc2)c1Cl. The summed E-state index contributed by atoms with van der Waals surface area (Å²) in [6.07, 6.45) is 0. The molecule has 0 fully saturated rings. The molecule has 1 aromatic carbocycles. The van der Waals surface area contributed by atoms with Crippen molar-refractivity contribution in [1.82, 2.24) is 9.78 Å². The summed E-state index contributed by atoms with van der Waals surface area (Å²) < 4.78 is 1.62. The second-order valence-electron chi connectivity index (χ2n) is 2.95. The summed E-state index contributed by atoms with van der Waals surface area (Å²) in [7, 11) is 0. The monoisotopic (exact) mass is 226 g/mol. The van der Waals surface area contributed by atoms with Gasteiger partial charge in [-0.25, -0.2) is 4.68 Å². The van der Waals surface area contributed by atoms with Gasteiger partial charge in [-0.3, -0.25) is 0 Å². The number of halogens is 2. The van der Waals surface area contributed by atoms with Gasteiger partial charge in [-0.2, -0.15) is 5.10 Å². The largest absolute Gasteiger partial charge is 0.220 e. The van der Waals surface area contributed by atoms with Gasteiger partial charge in [0.25, 0.3) is 0 Å². The first kappa shape index (κ1) is 9.56. The fourth-order valence-electron chi connectivity index (χ4n) is 1.19. The van der Waals surface area contributed by atoms with Gasteiger partial charge in [0.1, 0.15) is 5.15 Å². The van der Waals surface area contributed by atoms with Crippen molar-refractivity contribution in [3.8, 4) is 5.69 Å². The Morgan fingerprint density at radius 3 is 2.29 bits per heavy atom. The molecule has 0 aliphatic rings. The number of benzene rings is 1. The lowest BCUT2D eigenvalue weighted by Crippen LogP contribution is -1.95. The minimum atomic E-state index is 0.443. The maximum Gasteiger partial charge on any atom is 0.155 e. The Morgan fingerprint density at radius 1 is 1.14 bits per heavy atom. The van der Waals surface area contributed by atoms with Crippen LogP contribution in [0.25, 0.3) is 5.69 Å². The summed E-state index contributed by atoms with van der Waals surface area (Å²) in [6.45, 7) is 1.84. The number of aromatic nitrogens is 2. The number of para-hydroxylation sites is 1. The Bertz CT molecular complexity index is 449. The second kappa shape index (κ2) is 3.64. The molecule has 0 amide bonds. The number of hydrogen-bond donors (Lipinski definition) is 0. The Kier molecular flexibility index (Phi) is 2.48. The summed E-state index contributed by atoms with van der Waals surface area (Å²) in [6, 6.07) is 9.64. The van der Waals surface area contributed by atoms with Gasteiger partial charge < -0.3 is 0 Å².